The third-order valence-electron chi connectivity index (χ3n) is 1.11. The molecular weight excluding hydrogens is 137 g/mol. The summed E-state index contributed by atoms with van der Waals surface area (Å²) >= 11 is 0. The lowest BCUT2D eigenvalue weighted by atomic mass is 9.94. The zero-order valence-electron chi connectivity index (χ0n) is 4.94. The van der Waals surface area contributed by atoms with Gasteiger partial charge >= 0.3 is 0 Å². The topological polar surface area (TPSA) is 20.2 Å². The van der Waals surface area contributed by atoms with Crippen LogP contribution in [0.25, 0.3) is 0 Å². The second kappa shape index (κ2) is 2.29. The van der Waals surface area contributed by atoms with E-state index in [1.54, 1.807) is 0 Å². The molecule has 0 aliphatic rings. The molecule has 0 saturated carbocycles. The molecule has 0 unspecified atom stereocenters. The molecule has 1 N–H and O–H groups in total. The fraction of sp³-hybridized carbons (Fsp3) is 0. The molecule has 0 aliphatic carbocycles. The van der Waals surface area contributed by atoms with Crippen molar-refractivity contribution >= 4 is 13.3 Å². The highest BCUT2D eigenvalue weighted by atomic mass is 19.2. The number of benzene rings is 1. The van der Waals surface area contributed by atoms with E-state index in [1.807, 2.05) is 0 Å². The Morgan fingerprint density at radius 2 is 1.90 bits per heavy atom. The molecule has 0 heterocycles. The maximum atomic E-state index is 12.3. The lowest BCUT2D eigenvalue weighted by molar-refractivity contribution is 0.463. The van der Waals surface area contributed by atoms with Gasteiger partial charge in [0.25, 0.3) is 0 Å². The van der Waals surface area contributed by atoms with Gasteiger partial charge in [-0.05, 0) is 17.6 Å². The largest absolute Gasteiger partial charge is 0.508 e. The van der Waals surface area contributed by atoms with Crippen molar-refractivity contribution in [3.63, 3.8) is 0 Å². The summed E-state index contributed by atoms with van der Waals surface area (Å²) in [7, 11) is 4.92. The normalized spacial score (nSPS) is 9.80. The van der Waals surface area contributed by atoms with E-state index < -0.39 is 22.8 Å². The Kier molecular flexibility index (Phi) is 1.61. The summed E-state index contributed by atoms with van der Waals surface area (Å²) in [5, 5.41) is 8.69. The zero-order valence-corrected chi connectivity index (χ0v) is 4.94. The molecule has 2 radical (unpaired) electrons. The van der Waals surface area contributed by atoms with Crippen LogP contribution in [0.5, 0.6) is 5.75 Å². The summed E-state index contributed by atoms with van der Waals surface area (Å²) in [6.07, 6.45) is 0. The highest BCUT2D eigenvalue weighted by molar-refractivity contribution is 6.34. The highest BCUT2D eigenvalue weighted by Crippen LogP contribution is 2.08. The van der Waals surface area contributed by atoms with E-state index in [2.05, 4.69) is 0 Å². The van der Waals surface area contributed by atoms with Gasteiger partial charge < -0.3 is 5.11 Å². The Morgan fingerprint density at radius 1 is 1.30 bits per heavy atom. The molecule has 0 amide bonds. The average Bonchev–Trinajstić information content (AvgIpc) is 1.93. The fourth-order valence-electron chi connectivity index (χ4n) is 0.556. The molecule has 50 valence electrons. The van der Waals surface area contributed by atoms with Crippen molar-refractivity contribution in [1.82, 2.24) is 0 Å². The molecule has 1 nitrogen and oxygen atoms in total. The predicted octanol–water partition coefficient (Wildman–Crippen LogP) is 0.464. The van der Waals surface area contributed by atoms with Crippen molar-refractivity contribution in [3.8, 4) is 5.75 Å². The number of phenols is 1. The van der Waals surface area contributed by atoms with Gasteiger partial charge in [-0.1, -0.05) is 0 Å². The third-order valence-corrected chi connectivity index (χ3v) is 1.11. The Balaban J connectivity index is 3.34. The van der Waals surface area contributed by atoms with Crippen LogP contribution in [0.3, 0.4) is 0 Å². The molecule has 1 aromatic carbocycles. The van der Waals surface area contributed by atoms with Gasteiger partial charge in [-0.15, -0.1) is 0 Å². The first kappa shape index (κ1) is 7.06. The van der Waals surface area contributed by atoms with Crippen LogP contribution < -0.4 is 5.46 Å². The standard InChI is InChI=1S/C6H3BF2O/c7-5-4(10)2-1-3(8)6(5)9/h1-2,10H. The SMILES string of the molecule is [B]c1c(O)ccc(F)c1F. The Hall–Kier alpha value is -1.06. The van der Waals surface area contributed by atoms with Crippen molar-refractivity contribution in [1.29, 1.82) is 0 Å². The van der Waals surface area contributed by atoms with Gasteiger partial charge in [-0.25, -0.2) is 8.78 Å². The summed E-state index contributed by atoms with van der Waals surface area (Å²) in [6, 6.07) is 1.80. The van der Waals surface area contributed by atoms with Gasteiger partial charge in [0.1, 0.15) is 13.6 Å². The minimum absolute atomic E-state index is 0.445. The highest BCUT2D eigenvalue weighted by Gasteiger charge is 2.06. The molecule has 0 saturated heterocycles. The van der Waals surface area contributed by atoms with Crippen LogP contribution in [0.4, 0.5) is 8.78 Å². The number of rotatable bonds is 0. The molecule has 0 bridgehead atoms. The first-order valence-electron chi connectivity index (χ1n) is 2.55. The molecule has 1 aromatic rings. The number of hydrogen-bond acceptors (Lipinski definition) is 1. The third kappa shape index (κ3) is 0.965. The summed E-state index contributed by atoms with van der Waals surface area (Å²) in [4.78, 5) is 0. The maximum absolute atomic E-state index is 12.3. The minimum Gasteiger partial charge on any atom is -0.508 e. The monoisotopic (exact) mass is 140 g/mol. The summed E-state index contributed by atoms with van der Waals surface area (Å²) in [5.41, 5.74) is -0.556. The predicted molar refractivity (Wildman–Crippen MR) is 33.4 cm³/mol. The van der Waals surface area contributed by atoms with Crippen molar-refractivity contribution in [2.24, 2.45) is 0 Å². The molecule has 10 heavy (non-hydrogen) atoms. The van der Waals surface area contributed by atoms with E-state index in [4.69, 9.17) is 13.0 Å². The van der Waals surface area contributed by atoms with Crippen molar-refractivity contribution in [2.75, 3.05) is 0 Å². The summed E-state index contributed by atoms with van der Waals surface area (Å²) < 4.78 is 24.5. The lowest BCUT2D eigenvalue weighted by Gasteiger charge is -1.99. The van der Waals surface area contributed by atoms with Crippen LogP contribution in [-0.4, -0.2) is 13.0 Å². The molecule has 0 aromatic heterocycles. The Morgan fingerprint density at radius 3 is 2.40 bits per heavy atom. The van der Waals surface area contributed by atoms with Gasteiger partial charge in [-0.3, -0.25) is 0 Å². The van der Waals surface area contributed by atoms with E-state index >= 15 is 0 Å². The number of halogens is 2. The smallest absolute Gasteiger partial charge is 0.158 e. The van der Waals surface area contributed by atoms with Gasteiger partial charge in [0.05, 0.1) is 0 Å². The van der Waals surface area contributed by atoms with E-state index in [1.165, 1.54) is 0 Å². The summed E-state index contributed by atoms with van der Waals surface area (Å²) in [6.45, 7) is 0. The minimum atomic E-state index is -1.21. The number of phenolic OH excluding ortho intramolecular Hbond substituents is 1. The van der Waals surface area contributed by atoms with Crippen LogP contribution in [0.1, 0.15) is 0 Å². The van der Waals surface area contributed by atoms with Gasteiger partial charge in [0, 0.05) is 0 Å². The quantitative estimate of drug-likeness (QED) is 0.519. The fourth-order valence-corrected chi connectivity index (χ4v) is 0.556. The molecular formula is C6H3BF2O. The number of aromatic hydroxyl groups is 1. The molecule has 0 fully saturated rings. The van der Waals surface area contributed by atoms with Gasteiger partial charge in [0.2, 0.25) is 0 Å². The first-order chi connectivity index (χ1) is 4.63. The van der Waals surface area contributed by atoms with E-state index in [0.29, 0.717) is 0 Å². The average molecular weight is 140 g/mol. The van der Waals surface area contributed by atoms with Crippen LogP contribution in [0, 0.1) is 11.6 Å². The Bertz CT molecular complexity index is 235. The van der Waals surface area contributed by atoms with Crippen molar-refractivity contribution < 1.29 is 13.9 Å². The van der Waals surface area contributed by atoms with Crippen LogP contribution in [0.2, 0.25) is 0 Å². The molecule has 1 rings (SSSR count). The van der Waals surface area contributed by atoms with Crippen LogP contribution in [-0.2, 0) is 0 Å². The van der Waals surface area contributed by atoms with Crippen LogP contribution in [0.15, 0.2) is 12.1 Å². The first-order valence-corrected chi connectivity index (χ1v) is 2.55. The van der Waals surface area contributed by atoms with Gasteiger partial charge in [0.15, 0.2) is 11.6 Å². The van der Waals surface area contributed by atoms with Crippen LogP contribution >= 0.6 is 0 Å². The second-order valence-electron chi connectivity index (χ2n) is 1.79. The summed E-state index contributed by atoms with van der Waals surface area (Å²) in [5.74, 6) is -2.71. The van der Waals surface area contributed by atoms with Crippen molar-refractivity contribution in [3.05, 3.63) is 23.8 Å². The van der Waals surface area contributed by atoms with E-state index in [9.17, 15) is 8.78 Å². The Labute approximate surface area is 57.7 Å². The molecule has 0 spiro atoms. The number of hydrogen-bond donors (Lipinski definition) is 1. The van der Waals surface area contributed by atoms with Gasteiger partial charge in [-0.2, -0.15) is 0 Å². The maximum Gasteiger partial charge on any atom is 0.158 e. The molecule has 0 atom stereocenters. The second-order valence-corrected chi connectivity index (χ2v) is 1.79. The van der Waals surface area contributed by atoms with E-state index in [0.717, 1.165) is 12.1 Å². The van der Waals surface area contributed by atoms with Crippen molar-refractivity contribution in [2.45, 2.75) is 0 Å². The molecule has 4 heteroatoms. The zero-order chi connectivity index (χ0) is 7.72. The lowest BCUT2D eigenvalue weighted by Crippen LogP contribution is -2.10. The molecule has 0 aliphatic heterocycles. The van der Waals surface area contributed by atoms with E-state index in [-0.39, 0.29) is 0 Å².